The van der Waals surface area contributed by atoms with Crippen molar-refractivity contribution in [3.05, 3.63) is 45.7 Å². The molecule has 0 unspecified atom stereocenters. The molecule has 0 aliphatic rings. The van der Waals surface area contributed by atoms with E-state index < -0.39 is 34.5 Å². The molecule has 1 aromatic heterocycles. The fourth-order valence-electron chi connectivity index (χ4n) is 1.97. The minimum Gasteiger partial charge on any atom is -0.336 e. The molecule has 3 nitrogen and oxygen atoms in total. The average molecular weight is 327 g/mol. The predicted octanol–water partition coefficient (Wildman–Crippen LogP) is 3.11. The third-order valence-corrected chi connectivity index (χ3v) is 2.96. The van der Waals surface area contributed by atoms with Crippen LogP contribution in [0.15, 0.2) is 29.1 Å². The summed E-state index contributed by atoms with van der Waals surface area (Å²) < 4.78 is 64.8. The summed E-state index contributed by atoms with van der Waals surface area (Å²) in [5, 5.41) is -4.02. The molecular formula is C12H8ClF5N2O. The first-order valence-electron chi connectivity index (χ1n) is 5.57. The molecule has 0 spiro atoms. The lowest BCUT2D eigenvalue weighted by molar-refractivity contribution is -0.136. The van der Waals surface area contributed by atoms with Gasteiger partial charge in [-0.25, -0.2) is 4.68 Å². The summed E-state index contributed by atoms with van der Waals surface area (Å²) in [5.41, 5.74) is -2.60. The van der Waals surface area contributed by atoms with E-state index in [0.29, 0.717) is 10.7 Å². The lowest BCUT2D eigenvalue weighted by atomic mass is 10.0. The zero-order valence-electron chi connectivity index (χ0n) is 10.2. The van der Waals surface area contributed by atoms with Crippen LogP contribution in [-0.2, 0) is 12.6 Å². The number of pyridine rings is 1. The van der Waals surface area contributed by atoms with Gasteiger partial charge in [0.2, 0.25) is 0 Å². The van der Waals surface area contributed by atoms with E-state index in [1.165, 1.54) is 0 Å². The summed E-state index contributed by atoms with van der Waals surface area (Å²) in [4.78, 5) is 11.4. The van der Waals surface area contributed by atoms with Crippen LogP contribution in [-0.4, -0.2) is 10.1 Å². The summed E-state index contributed by atoms with van der Waals surface area (Å²) in [5.74, 6) is 5.37. The lowest BCUT2D eigenvalue weighted by Gasteiger charge is -2.14. The molecule has 1 heterocycles. The third-order valence-electron chi connectivity index (χ3n) is 2.83. The number of hydrogen-bond donors (Lipinski definition) is 1. The molecule has 0 saturated carbocycles. The molecule has 114 valence electrons. The quantitative estimate of drug-likeness (QED) is 0.524. The third kappa shape index (κ3) is 3.26. The van der Waals surface area contributed by atoms with Crippen molar-refractivity contribution in [1.82, 2.24) is 4.68 Å². The molecule has 0 aliphatic carbocycles. The van der Waals surface area contributed by atoms with Crippen LogP contribution in [0.3, 0.4) is 0 Å². The molecule has 0 saturated heterocycles. The standard InChI is InChI=1S/C12H8ClF5N2O/c13-11(14,15)5-6-1-2-9-7(3-6)8(12(16,17)18)4-10(21)20(9)19/h1-4H,5,19H2. The number of nitrogens with two attached hydrogens (primary N) is 1. The second kappa shape index (κ2) is 4.87. The Labute approximate surface area is 119 Å². The van der Waals surface area contributed by atoms with E-state index in [4.69, 9.17) is 17.4 Å². The number of halogens is 6. The number of hydrogen-bond acceptors (Lipinski definition) is 2. The maximum atomic E-state index is 12.9. The minimum atomic E-state index is -4.81. The first-order chi connectivity index (χ1) is 9.49. The summed E-state index contributed by atoms with van der Waals surface area (Å²) in [7, 11) is 0. The van der Waals surface area contributed by atoms with E-state index in [2.05, 4.69) is 0 Å². The highest BCUT2D eigenvalue weighted by atomic mass is 35.5. The smallest absolute Gasteiger partial charge is 0.336 e. The Bertz CT molecular complexity index is 748. The van der Waals surface area contributed by atoms with Gasteiger partial charge in [-0.3, -0.25) is 4.79 Å². The van der Waals surface area contributed by atoms with E-state index in [0.717, 1.165) is 18.2 Å². The first kappa shape index (κ1) is 15.6. The second-order valence-corrected chi connectivity index (χ2v) is 4.96. The van der Waals surface area contributed by atoms with Crippen LogP contribution in [0.5, 0.6) is 0 Å². The fourth-order valence-corrected chi connectivity index (χ4v) is 2.13. The Hall–Kier alpha value is -1.83. The highest BCUT2D eigenvalue weighted by Crippen LogP contribution is 2.34. The van der Waals surface area contributed by atoms with Gasteiger partial charge in [-0.15, -0.1) is 0 Å². The number of benzene rings is 1. The van der Waals surface area contributed by atoms with Crippen molar-refractivity contribution >= 4 is 22.5 Å². The zero-order chi connectivity index (χ0) is 16.0. The van der Waals surface area contributed by atoms with Crippen molar-refractivity contribution < 1.29 is 22.0 Å². The molecule has 0 bridgehead atoms. The summed E-state index contributed by atoms with van der Waals surface area (Å²) >= 11 is 4.77. The fraction of sp³-hybridized carbons (Fsp3) is 0.250. The molecule has 2 N–H and O–H groups in total. The Morgan fingerprint density at radius 1 is 1.14 bits per heavy atom. The van der Waals surface area contributed by atoms with Gasteiger partial charge < -0.3 is 5.84 Å². The van der Waals surface area contributed by atoms with Crippen molar-refractivity contribution in [2.45, 2.75) is 18.0 Å². The van der Waals surface area contributed by atoms with E-state index in [-0.39, 0.29) is 11.1 Å². The number of fused-ring (bicyclic) bond motifs is 1. The summed E-state index contributed by atoms with van der Waals surface area (Å²) in [6.45, 7) is 0. The van der Waals surface area contributed by atoms with E-state index in [9.17, 15) is 26.7 Å². The van der Waals surface area contributed by atoms with Crippen LogP contribution in [0.4, 0.5) is 22.0 Å². The zero-order valence-corrected chi connectivity index (χ0v) is 11.0. The van der Waals surface area contributed by atoms with Gasteiger partial charge in [0.15, 0.2) is 0 Å². The van der Waals surface area contributed by atoms with Crippen LogP contribution in [0.25, 0.3) is 10.9 Å². The van der Waals surface area contributed by atoms with Gasteiger partial charge in [-0.05, 0) is 29.3 Å². The number of rotatable bonds is 2. The van der Waals surface area contributed by atoms with Gasteiger partial charge in [0.1, 0.15) is 0 Å². The molecular weight excluding hydrogens is 319 g/mol. The number of nitrogens with zero attached hydrogens (tertiary/aromatic N) is 1. The monoisotopic (exact) mass is 326 g/mol. The maximum absolute atomic E-state index is 12.9. The van der Waals surface area contributed by atoms with Gasteiger partial charge in [0.25, 0.3) is 5.56 Å². The predicted molar refractivity (Wildman–Crippen MR) is 67.9 cm³/mol. The summed E-state index contributed by atoms with van der Waals surface area (Å²) in [6.07, 6.45) is -5.75. The van der Waals surface area contributed by atoms with Crippen LogP contribution >= 0.6 is 11.6 Å². The normalized spacial score (nSPS) is 12.9. The maximum Gasteiger partial charge on any atom is 0.417 e. The van der Waals surface area contributed by atoms with Crippen LogP contribution in [0.1, 0.15) is 11.1 Å². The molecule has 1 aromatic carbocycles. The lowest BCUT2D eigenvalue weighted by Crippen LogP contribution is -2.29. The molecule has 0 amide bonds. The SMILES string of the molecule is Nn1c(=O)cc(C(F)(F)F)c2cc(CC(F)(F)Cl)ccc21. The number of aromatic nitrogens is 1. The number of alkyl halides is 6. The number of nitrogen functional groups attached to an aromatic ring is 1. The Kier molecular flexibility index (Phi) is 3.61. The molecule has 9 heteroatoms. The Balaban J connectivity index is 2.75. The van der Waals surface area contributed by atoms with Crippen molar-refractivity contribution in [1.29, 1.82) is 0 Å². The Morgan fingerprint density at radius 3 is 2.29 bits per heavy atom. The molecule has 2 rings (SSSR count). The van der Waals surface area contributed by atoms with Crippen molar-refractivity contribution in [3.63, 3.8) is 0 Å². The Morgan fingerprint density at radius 2 is 1.76 bits per heavy atom. The molecule has 2 aromatic rings. The topological polar surface area (TPSA) is 48.0 Å². The van der Waals surface area contributed by atoms with E-state index in [1.807, 2.05) is 0 Å². The van der Waals surface area contributed by atoms with Gasteiger partial charge in [-0.1, -0.05) is 6.07 Å². The second-order valence-electron chi connectivity index (χ2n) is 4.41. The van der Waals surface area contributed by atoms with Crippen LogP contribution in [0, 0.1) is 0 Å². The first-order valence-corrected chi connectivity index (χ1v) is 5.94. The highest BCUT2D eigenvalue weighted by molar-refractivity contribution is 6.21. The van der Waals surface area contributed by atoms with Crippen LogP contribution < -0.4 is 11.4 Å². The molecule has 0 aliphatic heterocycles. The van der Waals surface area contributed by atoms with Crippen molar-refractivity contribution in [3.8, 4) is 0 Å². The van der Waals surface area contributed by atoms with Gasteiger partial charge in [0, 0.05) is 11.5 Å². The highest BCUT2D eigenvalue weighted by Gasteiger charge is 2.34. The molecule has 21 heavy (non-hydrogen) atoms. The van der Waals surface area contributed by atoms with Gasteiger partial charge in [0.05, 0.1) is 17.5 Å². The van der Waals surface area contributed by atoms with E-state index >= 15 is 0 Å². The molecule has 0 radical (unpaired) electrons. The molecule has 0 atom stereocenters. The molecule has 0 fully saturated rings. The van der Waals surface area contributed by atoms with E-state index in [1.54, 1.807) is 0 Å². The van der Waals surface area contributed by atoms with Crippen LogP contribution in [0.2, 0.25) is 0 Å². The minimum absolute atomic E-state index is 0.105. The van der Waals surface area contributed by atoms with Crippen molar-refractivity contribution in [2.24, 2.45) is 0 Å². The summed E-state index contributed by atoms with van der Waals surface area (Å²) in [6, 6.07) is 3.44. The average Bonchev–Trinajstić information content (AvgIpc) is 2.30. The van der Waals surface area contributed by atoms with Crippen molar-refractivity contribution in [2.75, 3.05) is 5.84 Å². The largest absolute Gasteiger partial charge is 0.417 e. The van der Waals surface area contributed by atoms with Gasteiger partial charge >= 0.3 is 11.6 Å². The van der Waals surface area contributed by atoms with Gasteiger partial charge in [-0.2, -0.15) is 22.0 Å².